The number of nitrogens with one attached hydrogen (secondary N) is 1. The smallest absolute Gasteiger partial charge is 0.243 e. The van der Waals surface area contributed by atoms with Crippen LogP contribution in [0, 0.1) is 0 Å². The largest absolute Gasteiger partial charge is 0.246 e. The second-order valence-electron chi connectivity index (χ2n) is 1.34. The van der Waals surface area contributed by atoms with Gasteiger partial charge in [0.1, 0.15) is 0 Å². The number of hydrogen-bond donors (Lipinski definition) is 1. The van der Waals surface area contributed by atoms with Gasteiger partial charge in [-0.05, 0) is 6.07 Å². The van der Waals surface area contributed by atoms with Gasteiger partial charge in [0.25, 0.3) is 0 Å². The first-order valence-corrected chi connectivity index (χ1v) is 2.42. The Bertz CT molecular complexity index is 183. The molecule has 0 fully saturated rings. The molecule has 0 bridgehead atoms. The van der Waals surface area contributed by atoms with Crippen LogP contribution < -0.4 is 5.43 Å². The summed E-state index contributed by atoms with van der Waals surface area (Å²) in [4.78, 5) is 7.62. The van der Waals surface area contributed by atoms with Gasteiger partial charge in [0.2, 0.25) is 5.95 Å². The van der Waals surface area contributed by atoms with E-state index in [2.05, 4.69) is 27.2 Å². The standard InChI is InChI=1S/C5H6N4/c1-6-9-5-7-3-2-4-8-5/h2-4H,1H2,(H,7,8,9). The SMILES string of the molecule is C=NNc1ncccn1. The van der Waals surface area contributed by atoms with Crippen LogP contribution in [0.2, 0.25) is 0 Å². The zero-order chi connectivity index (χ0) is 6.53. The first-order valence-electron chi connectivity index (χ1n) is 2.42. The number of rotatable bonds is 2. The molecule has 0 aliphatic carbocycles. The van der Waals surface area contributed by atoms with Crippen molar-refractivity contribution < 1.29 is 0 Å². The molecular formula is C5H6N4. The van der Waals surface area contributed by atoms with Crippen LogP contribution in [-0.4, -0.2) is 16.7 Å². The van der Waals surface area contributed by atoms with Gasteiger partial charge in [0.15, 0.2) is 0 Å². The minimum atomic E-state index is 0.465. The number of aromatic nitrogens is 2. The fraction of sp³-hybridized carbons (Fsp3) is 0. The average Bonchev–Trinajstić information content (AvgIpc) is 1.91. The second kappa shape index (κ2) is 2.76. The fourth-order valence-corrected chi connectivity index (χ4v) is 0.428. The third-order valence-corrected chi connectivity index (χ3v) is 0.745. The van der Waals surface area contributed by atoms with Crippen molar-refractivity contribution >= 4 is 12.7 Å². The van der Waals surface area contributed by atoms with Crippen LogP contribution in [0.4, 0.5) is 5.95 Å². The molecule has 1 rings (SSSR count). The summed E-state index contributed by atoms with van der Waals surface area (Å²) in [6.07, 6.45) is 3.25. The Labute approximate surface area is 52.7 Å². The van der Waals surface area contributed by atoms with E-state index in [1.807, 2.05) is 0 Å². The molecule has 1 aromatic rings. The van der Waals surface area contributed by atoms with E-state index in [1.54, 1.807) is 18.5 Å². The van der Waals surface area contributed by atoms with Crippen LogP contribution in [0.5, 0.6) is 0 Å². The van der Waals surface area contributed by atoms with E-state index >= 15 is 0 Å². The molecule has 4 heteroatoms. The minimum absolute atomic E-state index is 0.465. The molecule has 0 amide bonds. The molecule has 9 heavy (non-hydrogen) atoms. The Morgan fingerprint density at radius 2 is 2.11 bits per heavy atom. The van der Waals surface area contributed by atoms with Gasteiger partial charge in [-0.2, -0.15) is 5.10 Å². The zero-order valence-corrected chi connectivity index (χ0v) is 4.78. The molecule has 1 aromatic heterocycles. The lowest BCUT2D eigenvalue weighted by molar-refractivity contribution is 1.12. The maximum atomic E-state index is 3.81. The molecule has 1 N–H and O–H groups in total. The van der Waals surface area contributed by atoms with Crippen molar-refractivity contribution in [1.29, 1.82) is 0 Å². The number of hydrazone groups is 1. The lowest BCUT2D eigenvalue weighted by Gasteiger charge is -1.92. The van der Waals surface area contributed by atoms with Crippen molar-refractivity contribution in [3.63, 3.8) is 0 Å². The highest BCUT2D eigenvalue weighted by molar-refractivity contribution is 5.30. The molecule has 1 heterocycles. The Morgan fingerprint density at radius 3 is 2.67 bits per heavy atom. The summed E-state index contributed by atoms with van der Waals surface area (Å²) in [6, 6.07) is 1.73. The third kappa shape index (κ3) is 1.49. The zero-order valence-electron chi connectivity index (χ0n) is 4.78. The van der Waals surface area contributed by atoms with Crippen LogP contribution in [0.1, 0.15) is 0 Å². The summed E-state index contributed by atoms with van der Waals surface area (Å²) in [5.74, 6) is 0.465. The van der Waals surface area contributed by atoms with E-state index in [9.17, 15) is 0 Å². The molecule has 0 radical (unpaired) electrons. The lowest BCUT2D eigenvalue weighted by atomic mass is 10.7. The van der Waals surface area contributed by atoms with E-state index < -0.39 is 0 Å². The van der Waals surface area contributed by atoms with Crippen molar-refractivity contribution in [3.05, 3.63) is 18.5 Å². The van der Waals surface area contributed by atoms with Crippen LogP contribution in [0.15, 0.2) is 23.6 Å². The van der Waals surface area contributed by atoms with Crippen molar-refractivity contribution in [2.45, 2.75) is 0 Å². The molecule has 46 valence electrons. The predicted molar refractivity (Wildman–Crippen MR) is 35.2 cm³/mol. The lowest BCUT2D eigenvalue weighted by Crippen LogP contribution is -1.91. The van der Waals surface area contributed by atoms with Crippen LogP contribution in [0.25, 0.3) is 0 Å². The Kier molecular flexibility index (Phi) is 1.74. The van der Waals surface area contributed by atoms with Gasteiger partial charge in [0.05, 0.1) is 0 Å². The quantitative estimate of drug-likeness (QED) is 0.459. The van der Waals surface area contributed by atoms with Gasteiger partial charge in [0, 0.05) is 19.1 Å². The molecule has 0 saturated carbocycles. The van der Waals surface area contributed by atoms with Crippen molar-refractivity contribution in [1.82, 2.24) is 9.97 Å². The van der Waals surface area contributed by atoms with Crippen molar-refractivity contribution in [2.24, 2.45) is 5.10 Å². The topological polar surface area (TPSA) is 50.2 Å². The number of nitrogens with zero attached hydrogens (tertiary/aromatic N) is 3. The fourth-order valence-electron chi connectivity index (χ4n) is 0.428. The second-order valence-corrected chi connectivity index (χ2v) is 1.34. The molecule has 0 aliphatic heterocycles. The summed E-state index contributed by atoms with van der Waals surface area (Å²) in [5.41, 5.74) is 2.50. The first-order chi connectivity index (χ1) is 4.43. The van der Waals surface area contributed by atoms with Crippen LogP contribution >= 0.6 is 0 Å². The molecular weight excluding hydrogens is 116 g/mol. The van der Waals surface area contributed by atoms with Gasteiger partial charge < -0.3 is 0 Å². The minimum Gasteiger partial charge on any atom is -0.246 e. The first kappa shape index (κ1) is 5.68. The molecule has 0 aliphatic rings. The monoisotopic (exact) mass is 122 g/mol. The highest BCUT2D eigenvalue weighted by Crippen LogP contribution is 1.90. The molecule has 0 spiro atoms. The normalized spacial score (nSPS) is 8.44. The van der Waals surface area contributed by atoms with E-state index in [1.165, 1.54) is 0 Å². The number of anilines is 1. The van der Waals surface area contributed by atoms with Crippen LogP contribution in [0.3, 0.4) is 0 Å². The maximum Gasteiger partial charge on any atom is 0.243 e. The van der Waals surface area contributed by atoms with Gasteiger partial charge in [-0.15, -0.1) is 0 Å². The van der Waals surface area contributed by atoms with Gasteiger partial charge in [-0.1, -0.05) is 0 Å². The molecule has 0 saturated heterocycles. The highest BCUT2D eigenvalue weighted by atomic mass is 15.3. The van der Waals surface area contributed by atoms with Crippen LogP contribution in [-0.2, 0) is 0 Å². The van der Waals surface area contributed by atoms with E-state index in [4.69, 9.17) is 0 Å². The Hall–Kier alpha value is -1.45. The summed E-state index contributed by atoms with van der Waals surface area (Å²) < 4.78 is 0. The summed E-state index contributed by atoms with van der Waals surface area (Å²) in [5, 5.41) is 3.38. The van der Waals surface area contributed by atoms with E-state index in [0.29, 0.717) is 5.95 Å². The van der Waals surface area contributed by atoms with Crippen molar-refractivity contribution in [2.75, 3.05) is 5.43 Å². The highest BCUT2D eigenvalue weighted by Gasteiger charge is 1.84. The van der Waals surface area contributed by atoms with Gasteiger partial charge in [-0.25, -0.2) is 15.4 Å². The summed E-state index contributed by atoms with van der Waals surface area (Å²) >= 11 is 0. The summed E-state index contributed by atoms with van der Waals surface area (Å²) in [7, 11) is 0. The molecule has 0 aromatic carbocycles. The van der Waals surface area contributed by atoms with Gasteiger partial charge >= 0.3 is 0 Å². The summed E-state index contributed by atoms with van der Waals surface area (Å²) in [6.45, 7) is 3.21. The van der Waals surface area contributed by atoms with E-state index in [-0.39, 0.29) is 0 Å². The Morgan fingerprint density at radius 1 is 1.44 bits per heavy atom. The molecule has 0 unspecified atom stereocenters. The number of hydrogen-bond acceptors (Lipinski definition) is 4. The van der Waals surface area contributed by atoms with Crippen molar-refractivity contribution in [3.8, 4) is 0 Å². The molecule has 0 atom stereocenters. The maximum absolute atomic E-state index is 3.81. The predicted octanol–water partition coefficient (Wildman–Crippen LogP) is 0.504. The Balaban J connectivity index is 2.72. The van der Waals surface area contributed by atoms with E-state index in [0.717, 1.165) is 0 Å². The molecule has 4 nitrogen and oxygen atoms in total. The third-order valence-electron chi connectivity index (χ3n) is 0.745. The van der Waals surface area contributed by atoms with Gasteiger partial charge in [-0.3, -0.25) is 0 Å². The average molecular weight is 122 g/mol.